The SMILES string of the molecule is COC(=O)c1sc(NC(=O)COC(=O)CC(NC(N)=O)c2cccc(Oc3ccccc3)c2)c(C(=O)OC)c1C. The number of thiophene rings is 1. The molecule has 0 aliphatic carbocycles. The maximum Gasteiger partial charge on any atom is 0.348 e. The lowest BCUT2D eigenvalue weighted by Crippen LogP contribution is -2.35. The lowest BCUT2D eigenvalue weighted by atomic mass is 10.0. The minimum atomic E-state index is -0.874. The Morgan fingerprint density at radius 1 is 0.925 bits per heavy atom. The molecule has 2 aromatic carbocycles. The molecule has 0 saturated heterocycles. The molecular weight excluding hydrogens is 542 g/mol. The Hall–Kier alpha value is -4.91. The third-order valence-corrected chi connectivity index (χ3v) is 6.64. The summed E-state index contributed by atoms with van der Waals surface area (Å²) in [4.78, 5) is 61.1. The fourth-order valence-corrected chi connectivity index (χ4v) is 4.74. The second-order valence-corrected chi connectivity index (χ2v) is 9.23. The third kappa shape index (κ3) is 7.80. The summed E-state index contributed by atoms with van der Waals surface area (Å²) in [6.45, 7) is 0.806. The van der Waals surface area contributed by atoms with E-state index < -0.39 is 42.5 Å². The van der Waals surface area contributed by atoms with Gasteiger partial charge in [-0.25, -0.2) is 14.4 Å². The molecule has 210 valence electrons. The van der Waals surface area contributed by atoms with Crippen molar-refractivity contribution < 1.29 is 42.9 Å². The quantitative estimate of drug-likeness (QED) is 0.230. The lowest BCUT2D eigenvalue weighted by molar-refractivity contribution is -0.147. The van der Waals surface area contributed by atoms with E-state index in [0.29, 0.717) is 17.1 Å². The summed E-state index contributed by atoms with van der Waals surface area (Å²) in [7, 11) is 2.34. The van der Waals surface area contributed by atoms with Gasteiger partial charge < -0.3 is 35.3 Å². The second kappa shape index (κ2) is 13.8. The lowest BCUT2D eigenvalue weighted by Gasteiger charge is -2.18. The largest absolute Gasteiger partial charge is 0.465 e. The minimum Gasteiger partial charge on any atom is -0.465 e. The van der Waals surface area contributed by atoms with Crippen LogP contribution in [0, 0.1) is 6.92 Å². The van der Waals surface area contributed by atoms with Crippen molar-refractivity contribution in [3.05, 3.63) is 76.2 Å². The maximum atomic E-state index is 12.6. The number of para-hydroxylation sites is 1. The van der Waals surface area contributed by atoms with Crippen LogP contribution < -0.4 is 21.1 Å². The topological polar surface area (TPSA) is 172 Å². The van der Waals surface area contributed by atoms with Gasteiger partial charge in [-0.3, -0.25) is 9.59 Å². The molecule has 4 N–H and O–H groups in total. The van der Waals surface area contributed by atoms with Gasteiger partial charge in [-0.15, -0.1) is 11.3 Å². The van der Waals surface area contributed by atoms with Crippen molar-refractivity contribution in [2.24, 2.45) is 5.73 Å². The van der Waals surface area contributed by atoms with Gasteiger partial charge >= 0.3 is 23.9 Å². The van der Waals surface area contributed by atoms with E-state index in [1.807, 2.05) is 18.2 Å². The zero-order valence-corrected chi connectivity index (χ0v) is 22.7. The Morgan fingerprint density at radius 3 is 2.25 bits per heavy atom. The van der Waals surface area contributed by atoms with Crippen LogP contribution in [0.1, 0.15) is 43.6 Å². The average molecular weight is 570 g/mol. The molecule has 1 unspecified atom stereocenters. The van der Waals surface area contributed by atoms with Crippen molar-refractivity contribution in [3.63, 3.8) is 0 Å². The highest BCUT2D eigenvalue weighted by atomic mass is 32.1. The van der Waals surface area contributed by atoms with Crippen LogP contribution >= 0.6 is 11.3 Å². The van der Waals surface area contributed by atoms with Gasteiger partial charge in [-0.2, -0.15) is 0 Å². The number of carbonyl (C=O) groups is 5. The Labute approximate surface area is 233 Å². The number of hydrogen-bond acceptors (Lipinski definition) is 10. The van der Waals surface area contributed by atoms with E-state index in [1.54, 1.807) is 36.4 Å². The van der Waals surface area contributed by atoms with Gasteiger partial charge in [0.1, 0.15) is 21.4 Å². The molecule has 3 amide bonds. The molecule has 40 heavy (non-hydrogen) atoms. The highest BCUT2D eigenvalue weighted by Gasteiger charge is 2.27. The Balaban J connectivity index is 1.67. The van der Waals surface area contributed by atoms with E-state index >= 15 is 0 Å². The molecule has 0 aliphatic heterocycles. The predicted octanol–water partition coefficient (Wildman–Crippen LogP) is 3.70. The number of nitrogens with two attached hydrogens (primary N) is 1. The van der Waals surface area contributed by atoms with E-state index in [1.165, 1.54) is 14.0 Å². The highest BCUT2D eigenvalue weighted by molar-refractivity contribution is 7.18. The fourth-order valence-electron chi connectivity index (χ4n) is 3.61. The van der Waals surface area contributed by atoms with Gasteiger partial charge in [-0.1, -0.05) is 30.3 Å². The zero-order valence-electron chi connectivity index (χ0n) is 21.8. The van der Waals surface area contributed by atoms with Crippen LogP contribution in [0.15, 0.2) is 54.6 Å². The smallest absolute Gasteiger partial charge is 0.348 e. The molecule has 0 saturated carbocycles. The van der Waals surface area contributed by atoms with Crippen LogP contribution in [0.3, 0.4) is 0 Å². The maximum absolute atomic E-state index is 12.6. The van der Waals surface area contributed by atoms with Crippen LogP contribution in [0.5, 0.6) is 11.5 Å². The number of anilines is 1. The molecule has 1 aromatic heterocycles. The summed E-state index contributed by atoms with van der Waals surface area (Å²) >= 11 is 0.821. The number of carbonyl (C=O) groups excluding carboxylic acids is 5. The fraction of sp³-hybridized carbons (Fsp3) is 0.222. The molecule has 0 aliphatic rings. The number of urea groups is 1. The number of rotatable bonds is 11. The Kier molecular flexibility index (Phi) is 10.2. The number of ether oxygens (including phenoxy) is 4. The Morgan fingerprint density at radius 2 is 1.60 bits per heavy atom. The monoisotopic (exact) mass is 569 g/mol. The molecular formula is C27H27N3O9S. The van der Waals surface area contributed by atoms with Gasteiger partial charge in [0.15, 0.2) is 6.61 Å². The highest BCUT2D eigenvalue weighted by Crippen LogP contribution is 2.34. The minimum absolute atomic E-state index is 0.0177. The number of benzene rings is 2. The number of esters is 3. The summed E-state index contributed by atoms with van der Waals surface area (Å²) < 4.78 is 20.4. The van der Waals surface area contributed by atoms with E-state index in [0.717, 1.165) is 18.4 Å². The normalized spacial score (nSPS) is 11.1. The number of methoxy groups -OCH3 is 2. The molecule has 12 nitrogen and oxygen atoms in total. The number of nitrogens with one attached hydrogen (secondary N) is 2. The van der Waals surface area contributed by atoms with Gasteiger partial charge in [0, 0.05) is 0 Å². The predicted molar refractivity (Wildman–Crippen MR) is 144 cm³/mol. The molecule has 0 radical (unpaired) electrons. The molecule has 1 atom stereocenters. The summed E-state index contributed by atoms with van der Waals surface area (Å²) in [5.74, 6) is -1.98. The first-order chi connectivity index (χ1) is 19.1. The van der Waals surface area contributed by atoms with Crippen LogP contribution in [0.25, 0.3) is 0 Å². The van der Waals surface area contributed by atoms with Crippen molar-refractivity contribution in [3.8, 4) is 11.5 Å². The number of amides is 3. The standard InChI is InChI=1S/C27H27N3O9S/c1-15-22(25(33)36-2)24(40-23(15)26(34)37-3)30-20(31)14-38-21(32)13-19(29-27(28)35)16-8-7-11-18(12-16)39-17-9-5-4-6-10-17/h4-12,19H,13-14H2,1-3H3,(H,30,31)(H3,28,29,35). The van der Waals surface area contributed by atoms with E-state index in [-0.39, 0.29) is 27.4 Å². The molecule has 0 fully saturated rings. The van der Waals surface area contributed by atoms with E-state index in [4.69, 9.17) is 24.7 Å². The number of hydrogen-bond donors (Lipinski definition) is 3. The van der Waals surface area contributed by atoms with Crippen LogP contribution in [0.2, 0.25) is 0 Å². The second-order valence-electron chi connectivity index (χ2n) is 8.21. The molecule has 1 heterocycles. The van der Waals surface area contributed by atoms with Gasteiger partial charge in [0.2, 0.25) is 0 Å². The van der Waals surface area contributed by atoms with Gasteiger partial charge in [-0.05, 0) is 42.3 Å². The van der Waals surface area contributed by atoms with Crippen LogP contribution in [-0.4, -0.2) is 50.7 Å². The van der Waals surface area contributed by atoms with Crippen molar-refractivity contribution in [1.82, 2.24) is 5.32 Å². The first kappa shape index (κ1) is 29.6. The van der Waals surface area contributed by atoms with Crippen molar-refractivity contribution in [2.75, 3.05) is 26.1 Å². The molecule has 3 rings (SSSR count). The van der Waals surface area contributed by atoms with E-state index in [2.05, 4.69) is 10.6 Å². The molecule has 3 aromatic rings. The van der Waals surface area contributed by atoms with Crippen LogP contribution in [-0.2, 0) is 23.8 Å². The van der Waals surface area contributed by atoms with Crippen LogP contribution in [0.4, 0.5) is 9.80 Å². The zero-order chi connectivity index (χ0) is 29.2. The van der Waals surface area contributed by atoms with Crippen molar-refractivity contribution in [2.45, 2.75) is 19.4 Å². The van der Waals surface area contributed by atoms with Crippen molar-refractivity contribution in [1.29, 1.82) is 0 Å². The Bertz CT molecular complexity index is 1410. The summed E-state index contributed by atoms with van der Waals surface area (Å²) in [5.41, 5.74) is 6.07. The summed E-state index contributed by atoms with van der Waals surface area (Å²) in [6, 6.07) is 14.0. The number of primary amides is 1. The first-order valence-electron chi connectivity index (χ1n) is 11.8. The summed E-state index contributed by atoms with van der Waals surface area (Å²) in [6.07, 6.45) is -0.344. The van der Waals surface area contributed by atoms with Crippen molar-refractivity contribution >= 4 is 46.2 Å². The molecule has 0 spiro atoms. The van der Waals surface area contributed by atoms with E-state index in [9.17, 15) is 24.0 Å². The van der Waals surface area contributed by atoms with Gasteiger partial charge in [0.25, 0.3) is 5.91 Å². The first-order valence-corrected chi connectivity index (χ1v) is 12.6. The average Bonchev–Trinajstić information content (AvgIpc) is 3.26. The third-order valence-electron chi connectivity index (χ3n) is 5.45. The van der Waals surface area contributed by atoms with Gasteiger partial charge in [0.05, 0.1) is 32.2 Å². The molecule has 0 bridgehead atoms. The summed E-state index contributed by atoms with van der Waals surface area (Å²) in [5, 5.41) is 4.98. The molecule has 13 heteroatoms.